The number of benzene rings is 1. The number of rotatable bonds is 5. The fourth-order valence-electron chi connectivity index (χ4n) is 4.16. The van der Waals surface area contributed by atoms with Crippen molar-refractivity contribution >= 4 is 27.2 Å². The molecule has 2 aliphatic rings. The number of nitrogens with one attached hydrogen (secondary N) is 4. The van der Waals surface area contributed by atoms with Gasteiger partial charge in [0.15, 0.2) is 9.84 Å². The number of hydrogen-bond donors (Lipinski definition) is 4. The highest BCUT2D eigenvalue weighted by Gasteiger charge is 2.48. The Balaban J connectivity index is 1.61. The van der Waals surface area contributed by atoms with E-state index in [1.165, 1.54) is 23.2 Å². The molecule has 2 aliphatic heterocycles. The average molecular weight is 485 g/mol. The van der Waals surface area contributed by atoms with Crippen LogP contribution in [0, 0.1) is 5.92 Å². The Labute approximate surface area is 188 Å². The zero-order valence-corrected chi connectivity index (χ0v) is 18.5. The predicted molar refractivity (Wildman–Crippen MR) is 115 cm³/mol. The fraction of sp³-hybridized carbons (Fsp3) is 0.400. The molecule has 1 aromatic carbocycles. The van der Waals surface area contributed by atoms with Gasteiger partial charge >= 0.3 is 6.18 Å². The number of sulfone groups is 1. The number of hydrogen-bond acceptors (Lipinski definition) is 8. The molecular formula is C20H23F3N6O3S. The van der Waals surface area contributed by atoms with Gasteiger partial charge in [-0.2, -0.15) is 13.2 Å². The largest absolute Gasteiger partial charge is 0.433 e. The molecule has 3 heterocycles. The van der Waals surface area contributed by atoms with Crippen LogP contribution in [0.5, 0.6) is 0 Å². The van der Waals surface area contributed by atoms with Crippen molar-refractivity contribution in [3.63, 3.8) is 0 Å². The van der Waals surface area contributed by atoms with E-state index in [9.17, 15) is 26.4 Å². The third kappa shape index (κ3) is 4.89. The molecule has 4 N–H and O–H groups in total. The lowest BCUT2D eigenvalue weighted by atomic mass is 9.88. The molecule has 0 radical (unpaired) electrons. The SMILES string of the molecule is CN1NC2NC(Nc3cccc(C(F)(F)F)n3)CC(Nc3ccccc3S(C)(=O)=O)C2C1=O. The highest BCUT2D eigenvalue weighted by molar-refractivity contribution is 7.90. The van der Waals surface area contributed by atoms with E-state index < -0.39 is 46.0 Å². The third-order valence-electron chi connectivity index (χ3n) is 5.60. The first-order chi connectivity index (χ1) is 15.4. The van der Waals surface area contributed by atoms with Crippen LogP contribution in [-0.4, -0.2) is 56.0 Å². The van der Waals surface area contributed by atoms with E-state index in [2.05, 4.69) is 26.4 Å². The van der Waals surface area contributed by atoms with Crippen LogP contribution in [0.2, 0.25) is 0 Å². The Hall–Kier alpha value is -2.90. The summed E-state index contributed by atoms with van der Waals surface area (Å²) in [5, 5.41) is 10.6. The van der Waals surface area contributed by atoms with Crippen molar-refractivity contribution in [1.29, 1.82) is 0 Å². The summed E-state index contributed by atoms with van der Waals surface area (Å²) in [6.07, 6.45) is -4.30. The zero-order valence-electron chi connectivity index (χ0n) is 17.7. The van der Waals surface area contributed by atoms with Gasteiger partial charge in [-0.1, -0.05) is 18.2 Å². The molecular weight excluding hydrogens is 461 g/mol. The van der Waals surface area contributed by atoms with Gasteiger partial charge in [-0.15, -0.1) is 0 Å². The van der Waals surface area contributed by atoms with Crippen molar-refractivity contribution in [3.05, 3.63) is 48.2 Å². The first-order valence-corrected chi connectivity index (χ1v) is 12.0. The monoisotopic (exact) mass is 484 g/mol. The molecule has 2 fully saturated rings. The van der Waals surface area contributed by atoms with Crippen molar-refractivity contribution in [2.45, 2.75) is 35.9 Å². The van der Waals surface area contributed by atoms with Crippen LogP contribution in [0.4, 0.5) is 24.7 Å². The van der Waals surface area contributed by atoms with Crippen LogP contribution in [0.25, 0.3) is 0 Å². The molecule has 178 valence electrons. The van der Waals surface area contributed by atoms with Crippen LogP contribution in [0.3, 0.4) is 0 Å². The van der Waals surface area contributed by atoms with Crippen molar-refractivity contribution in [3.8, 4) is 0 Å². The highest BCUT2D eigenvalue weighted by Crippen LogP contribution is 2.32. The zero-order chi connectivity index (χ0) is 24.0. The molecule has 0 spiro atoms. The van der Waals surface area contributed by atoms with Gasteiger partial charge in [0.1, 0.15) is 11.5 Å². The van der Waals surface area contributed by atoms with E-state index in [0.717, 1.165) is 12.3 Å². The molecule has 13 heteroatoms. The smallest absolute Gasteiger partial charge is 0.380 e. The number of pyridine rings is 1. The number of carbonyl (C=O) groups is 1. The molecule has 0 bridgehead atoms. The number of alkyl halides is 3. The Morgan fingerprint density at radius 2 is 1.85 bits per heavy atom. The molecule has 2 aromatic rings. The maximum absolute atomic E-state index is 13.0. The van der Waals surface area contributed by atoms with E-state index >= 15 is 0 Å². The molecule has 1 amide bonds. The molecule has 9 nitrogen and oxygen atoms in total. The Morgan fingerprint density at radius 3 is 2.55 bits per heavy atom. The number of anilines is 2. The Kier molecular flexibility index (Phi) is 5.97. The van der Waals surface area contributed by atoms with Gasteiger partial charge in [-0.25, -0.2) is 18.8 Å². The van der Waals surface area contributed by atoms with Gasteiger partial charge in [0.2, 0.25) is 5.91 Å². The van der Waals surface area contributed by atoms with Gasteiger partial charge in [0, 0.05) is 25.8 Å². The van der Waals surface area contributed by atoms with E-state index in [1.54, 1.807) is 25.2 Å². The topological polar surface area (TPSA) is 115 Å². The molecule has 33 heavy (non-hydrogen) atoms. The molecule has 1 aromatic heterocycles. The summed E-state index contributed by atoms with van der Waals surface area (Å²) in [5.41, 5.74) is 2.32. The highest BCUT2D eigenvalue weighted by atomic mass is 32.2. The predicted octanol–water partition coefficient (Wildman–Crippen LogP) is 1.63. The van der Waals surface area contributed by atoms with Gasteiger partial charge in [0.25, 0.3) is 0 Å². The van der Waals surface area contributed by atoms with Crippen molar-refractivity contribution in [2.75, 3.05) is 23.9 Å². The Morgan fingerprint density at radius 1 is 1.12 bits per heavy atom. The third-order valence-corrected chi connectivity index (χ3v) is 6.76. The second kappa shape index (κ2) is 8.47. The number of amides is 1. The van der Waals surface area contributed by atoms with Gasteiger partial charge in [-0.3, -0.25) is 15.1 Å². The molecule has 4 rings (SSSR count). The average Bonchev–Trinajstić information content (AvgIpc) is 3.01. The second-order valence-corrected chi connectivity index (χ2v) is 10.0. The lowest BCUT2D eigenvalue weighted by Crippen LogP contribution is -2.61. The number of piperidine rings is 1. The normalized spacial score (nSPS) is 25.6. The summed E-state index contributed by atoms with van der Waals surface area (Å²) in [6, 6.07) is 9.41. The van der Waals surface area contributed by atoms with Crippen LogP contribution in [0.15, 0.2) is 47.4 Å². The van der Waals surface area contributed by atoms with Crippen molar-refractivity contribution in [1.82, 2.24) is 20.7 Å². The minimum absolute atomic E-state index is 0.0220. The lowest BCUT2D eigenvalue weighted by molar-refractivity contribution is -0.141. The van der Waals surface area contributed by atoms with Crippen LogP contribution in [-0.2, 0) is 20.8 Å². The first kappa shape index (κ1) is 23.3. The summed E-state index contributed by atoms with van der Waals surface area (Å²) in [7, 11) is -1.96. The quantitative estimate of drug-likeness (QED) is 0.506. The number of hydrazine groups is 1. The second-order valence-electron chi connectivity index (χ2n) is 8.05. The standard InChI is InChI=1S/C20H23F3N6O3S/c1-29-19(30)17-12(24-11-6-3-4-7-13(11)33(2,31)32)10-16(27-18(17)28-29)26-15-9-5-8-14(25-15)20(21,22)23/h3-9,12,16-18,24,27-28H,10H2,1-2H3,(H,25,26). The Bertz CT molecular complexity index is 1160. The number of nitrogens with zero attached hydrogens (tertiary/aromatic N) is 2. The summed E-state index contributed by atoms with van der Waals surface area (Å²) < 4.78 is 63.5. The van der Waals surface area contributed by atoms with Crippen LogP contribution < -0.4 is 21.4 Å². The van der Waals surface area contributed by atoms with Crippen LogP contribution >= 0.6 is 0 Å². The summed E-state index contributed by atoms with van der Waals surface area (Å²) in [5.74, 6) is -0.749. The number of fused-ring (bicyclic) bond motifs is 1. The number of aromatic nitrogens is 1. The van der Waals surface area contributed by atoms with E-state index in [0.29, 0.717) is 5.69 Å². The molecule has 2 saturated heterocycles. The van der Waals surface area contributed by atoms with Gasteiger partial charge < -0.3 is 10.6 Å². The molecule has 4 unspecified atom stereocenters. The molecule has 0 saturated carbocycles. The lowest BCUT2D eigenvalue weighted by Gasteiger charge is -2.39. The van der Waals surface area contributed by atoms with E-state index in [-0.39, 0.29) is 23.0 Å². The molecule has 4 atom stereocenters. The van der Waals surface area contributed by atoms with Crippen LogP contribution in [0.1, 0.15) is 12.1 Å². The maximum atomic E-state index is 13.0. The maximum Gasteiger partial charge on any atom is 0.433 e. The summed E-state index contributed by atoms with van der Waals surface area (Å²) >= 11 is 0. The number of para-hydroxylation sites is 1. The summed E-state index contributed by atoms with van der Waals surface area (Å²) in [4.78, 5) is 16.5. The summed E-state index contributed by atoms with van der Waals surface area (Å²) in [6.45, 7) is 0. The van der Waals surface area contributed by atoms with Crippen molar-refractivity contribution in [2.24, 2.45) is 5.92 Å². The van der Waals surface area contributed by atoms with Gasteiger partial charge in [-0.05, 0) is 24.3 Å². The number of halogens is 3. The van der Waals surface area contributed by atoms with Gasteiger partial charge in [0.05, 0.1) is 28.8 Å². The van der Waals surface area contributed by atoms with E-state index in [4.69, 9.17) is 0 Å². The first-order valence-electron chi connectivity index (χ1n) is 10.1. The fourth-order valence-corrected chi connectivity index (χ4v) is 5.01. The van der Waals surface area contributed by atoms with Crippen molar-refractivity contribution < 1.29 is 26.4 Å². The minimum atomic E-state index is -4.58. The molecule has 0 aliphatic carbocycles. The minimum Gasteiger partial charge on any atom is -0.380 e. The van der Waals surface area contributed by atoms with E-state index in [1.807, 2.05) is 0 Å². The number of carbonyl (C=O) groups excluding carboxylic acids is 1.